The van der Waals surface area contributed by atoms with Gasteiger partial charge in [0.2, 0.25) is 11.7 Å². The van der Waals surface area contributed by atoms with Gasteiger partial charge in [0.25, 0.3) is 0 Å². The van der Waals surface area contributed by atoms with Crippen molar-refractivity contribution in [3.05, 3.63) is 30.4 Å². The summed E-state index contributed by atoms with van der Waals surface area (Å²) in [5.74, 6) is 0.718. The van der Waals surface area contributed by atoms with Gasteiger partial charge in [-0.1, -0.05) is 12.1 Å². The smallest absolute Gasteiger partial charge is 0.320 e. The van der Waals surface area contributed by atoms with E-state index in [0.717, 1.165) is 18.5 Å². The van der Waals surface area contributed by atoms with Crippen LogP contribution in [0.2, 0.25) is 0 Å². The summed E-state index contributed by atoms with van der Waals surface area (Å²) in [6.07, 6.45) is 4.28. The van der Waals surface area contributed by atoms with Crippen LogP contribution in [0.4, 0.5) is 0 Å². The first-order valence-corrected chi connectivity index (χ1v) is 7.33. The maximum absolute atomic E-state index is 11.6. The molecule has 0 saturated carbocycles. The standard InChI is InChI=1S/C15H20N4O3/c1-3-8-19(11-14(20)21-4-2)10-13-17-15(18-22-13)12-6-5-7-16-9-12/h5-7,9H,3-4,8,10-11H2,1-2H3. The Balaban J connectivity index is 2.01. The molecule has 22 heavy (non-hydrogen) atoms. The highest BCUT2D eigenvalue weighted by atomic mass is 16.5. The molecule has 0 atom stereocenters. The fourth-order valence-electron chi connectivity index (χ4n) is 2.04. The van der Waals surface area contributed by atoms with E-state index in [1.807, 2.05) is 24.0 Å². The number of carbonyl (C=O) groups excluding carboxylic acids is 1. The number of rotatable bonds is 8. The van der Waals surface area contributed by atoms with E-state index >= 15 is 0 Å². The van der Waals surface area contributed by atoms with E-state index in [9.17, 15) is 4.79 Å². The summed E-state index contributed by atoms with van der Waals surface area (Å²) >= 11 is 0. The molecular formula is C15H20N4O3. The molecule has 7 heteroatoms. The summed E-state index contributed by atoms with van der Waals surface area (Å²) in [5.41, 5.74) is 0.796. The number of aromatic nitrogens is 3. The monoisotopic (exact) mass is 304 g/mol. The number of carbonyl (C=O) groups is 1. The summed E-state index contributed by atoms with van der Waals surface area (Å²) < 4.78 is 10.2. The van der Waals surface area contributed by atoms with Gasteiger partial charge in [0.15, 0.2) is 0 Å². The molecule has 0 aliphatic heterocycles. The van der Waals surface area contributed by atoms with Crippen LogP contribution in [0.15, 0.2) is 29.0 Å². The minimum atomic E-state index is -0.247. The predicted octanol–water partition coefficient (Wildman–Crippen LogP) is 1.91. The molecule has 2 aromatic heterocycles. The molecule has 0 bridgehead atoms. The van der Waals surface area contributed by atoms with E-state index in [2.05, 4.69) is 15.1 Å². The third-order valence-electron chi connectivity index (χ3n) is 2.94. The fourth-order valence-corrected chi connectivity index (χ4v) is 2.04. The van der Waals surface area contributed by atoms with Crippen molar-refractivity contribution in [2.45, 2.75) is 26.8 Å². The topological polar surface area (TPSA) is 81.4 Å². The van der Waals surface area contributed by atoms with Crippen molar-refractivity contribution >= 4 is 5.97 Å². The molecule has 2 rings (SSSR count). The zero-order valence-electron chi connectivity index (χ0n) is 12.9. The third kappa shape index (κ3) is 4.63. The Bertz CT molecular complexity index is 585. The van der Waals surface area contributed by atoms with Gasteiger partial charge in [-0.2, -0.15) is 4.98 Å². The molecule has 0 radical (unpaired) electrons. The van der Waals surface area contributed by atoms with E-state index in [0.29, 0.717) is 24.9 Å². The van der Waals surface area contributed by atoms with E-state index in [-0.39, 0.29) is 12.5 Å². The van der Waals surface area contributed by atoms with Crippen LogP contribution in [0.5, 0.6) is 0 Å². The quantitative estimate of drug-likeness (QED) is 0.689. The summed E-state index contributed by atoms with van der Waals surface area (Å²) in [7, 11) is 0. The number of pyridine rings is 1. The summed E-state index contributed by atoms with van der Waals surface area (Å²) in [6, 6.07) is 3.68. The number of hydrogen-bond acceptors (Lipinski definition) is 7. The van der Waals surface area contributed by atoms with Crippen LogP contribution in [0.25, 0.3) is 11.4 Å². The number of hydrogen-bond donors (Lipinski definition) is 0. The molecule has 0 aliphatic rings. The molecule has 0 aliphatic carbocycles. The second-order valence-corrected chi connectivity index (χ2v) is 4.77. The van der Waals surface area contributed by atoms with Gasteiger partial charge in [0, 0.05) is 18.0 Å². The Hall–Kier alpha value is -2.28. The lowest BCUT2D eigenvalue weighted by atomic mass is 10.3. The largest absolute Gasteiger partial charge is 0.465 e. The van der Waals surface area contributed by atoms with Gasteiger partial charge in [-0.15, -0.1) is 0 Å². The second kappa shape index (κ2) is 8.23. The molecule has 118 valence electrons. The molecule has 2 aromatic rings. The van der Waals surface area contributed by atoms with E-state index in [1.54, 1.807) is 19.3 Å². The van der Waals surface area contributed by atoms with Gasteiger partial charge < -0.3 is 9.26 Å². The van der Waals surface area contributed by atoms with Crippen LogP contribution in [0.1, 0.15) is 26.2 Å². The number of esters is 1. The van der Waals surface area contributed by atoms with Crippen LogP contribution in [-0.4, -0.2) is 45.7 Å². The Kier molecular flexibility index (Phi) is 6.02. The molecule has 0 aromatic carbocycles. The van der Waals surface area contributed by atoms with Gasteiger partial charge in [-0.25, -0.2) is 0 Å². The maximum atomic E-state index is 11.6. The molecular weight excluding hydrogens is 284 g/mol. The average molecular weight is 304 g/mol. The Morgan fingerprint density at radius 2 is 2.27 bits per heavy atom. The van der Waals surface area contributed by atoms with E-state index < -0.39 is 0 Å². The van der Waals surface area contributed by atoms with Crippen LogP contribution in [0.3, 0.4) is 0 Å². The lowest BCUT2D eigenvalue weighted by Crippen LogP contribution is -2.31. The van der Waals surface area contributed by atoms with Crippen molar-refractivity contribution in [3.8, 4) is 11.4 Å². The molecule has 2 heterocycles. The predicted molar refractivity (Wildman–Crippen MR) is 79.7 cm³/mol. The average Bonchev–Trinajstić information content (AvgIpc) is 2.97. The zero-order chi connectivity index (χ0) is 15.8. The maximum Gasteiger partial charge on any atom is 0.320 e. The fraction of sp³-hybridized carbons (Fsp3) is 0.467. The minimum Gasteiger partial charge on any atom is -0.465 e. The first-order valence-electron chi connectivity index (χ1n) is 7.33. The van der Waals surface area contributed by atoms with Crippen molar-refractivity contribution < 1.29 is 14.1 Å². The highest BCUT2D eigenvalue weighted by Gasteiger charge is 2.16. The van der Waals surface area contributed by atoms with Gasteiger partial charge in [-0.05, 0) is 32.0 Å². The lowest BCUT2D eigenvalue weighted by Gasteiger charge is -2.18. The van der Waals surface area contributed by atoms with Crippen LogP contribution in [-0.2, 0) is 16.1 Å². The highest BCUT2D eigenvalue weighted by Crippen LogP contribution is 2.14. The van der Waals surface area contributed by atoms with Gasteiger partial charge >= 0.3 is 5.97 Å². The Labute approximate surface area is 129 Å². The van der Waals surface area contributed by atoms with Crippen molar-refractivity contribution in [2.24, 2.45) is 0 Å². The number of nitrogens with zero attached hydrogens (tertiary/aromatic N) is 4. The van der Waals surface area contributed by atoms with Crippen LogP contribution in [0, 0.1) is 0 Å². The molecule has 0 amide bonds. The molecule has 7 nitrogen and oxygen atoms in total. The van der Waals surface area contributed by atoms with E-state index in [4.69, 9.17) is 9.26 Å². The van der Waals surface area contributed by atoms with Crippen molar-refractivity contribution in [1.82, 2.24) is 20.0 Å². The summed E-state index contributed by atoms with van der Waals surface area (Å²) in [6.45, 7) is 5.60. The highest BCUT2D eigenvalue weighted by molar-refractivity contribution is 5.71. The Morgan fingerprint density at radius 1 is 1.41 bits per heavy atom. The molecule has 0 fully saturated rings. The van der Waals surface area contributed by atoms with Crippen LogP contribution < -0.4 is 0 Å². The van der Waals surface area contributed by atoms with Gasteiger partial charge in [0.1, 0.15) is 0 Å². The molecule has 0 unspecified atom stereocenters. The summed E-state index contributed by atoms with van der Waals surface area (Å²) in [5, 5.41) is 3.95. The molecule has 0 spiro atoms. The van der Waals surface area contributed by atoms with Crippen molar-refractivity contribution in [1.29, 1.82) is 0 Å². The SMILES string of the molecule is CCCN(CC(=O)OCC)Cc1nc(-c2cccnc2)no1. The Morgan fingerprint density at radius 3 is 2.95 bits per heavy atom. The summed E-state index contributed by atoms with van der Waals surface area (Å²) in [4.78, 5) is 21.9. The van der Waals surface area contributed by atoms with Gasteiger partial charge in [0.05, 0.1) is 19.7 Å². The minimum absolute atomic E-state index is 0.215. The normalized spacial score (nSPS) is 10.9. The molecule has 0 N–H and O–H groups in total. The first-order chi connectivity index (χ1) is 10.7. The van der Waals surface area contributed by atoms with Crippen molar-refractivity contribution in [2.75, 3.05) is 19.7 Å². The van der Waals surface area contributed by atoms with E-state index in [1.165, 1.54) is 0 Å². The first kappa shape index (κ1) is 16.1. The van der Waals surface area contributed by atoms with Crippen molar-refractivity contribution in [3.63, 3.8) is 0 Å². The zero-order valence-corrected chi connectivity index (χ0v) is 12.9. The van der Waals surface area contributed by atoms with Gasteiger partial charge in [-0.3, -0.25) is 14.7 Å². The second-order valence-electron chi connectivity index (χ2n) is 4.77. The number of ether oxygens (including phenoxy) is 1. The molecule has 0 saturated heterocycles. The lowest BCUT2D eigenvalue weighted by molar-refractivity contribution is -0.144. The third-order valence-corrected chi connectivity index (χ3v) is 2.94. The van der Waals surface area contributed by atoms with Crippen LogP contribution >= 0.6 is 0 Å².